The van der Waals surface area contributed by atoms with Crippen LogP contribution in [0.3, 0.4) is 0 Å². The number of carbonyl (C=O) groups excluding carboxylic acids is 2. The van der Waals surface area contributed by atoms with Gasteiger partial charge in [0.15, 0.2) is 0 Å². The predicted octanol–water partition coefficient (Wildman–Crippen LogP) is 2.83. The van der Waals surface area contributed by atoms with E-state index in [0.29, 0.717) is 12.5 Å². The van der Waals surface area contributed by atoms with Crippen LogP contribution in [0.2, 0.25) is 0 Å². The van der Waals surface area contributed by atoms with Gasteiger partial charge >= 0.3 is 0 Å². The summed E-state index contributed by atoms with van der Waals surface area (Å²) in [7, 11) is 0. The zero-order valence-corrected chi connectivity index (χ0v) is 14.6. The van der Waals surface area contributed by atoms with Crippen molar-refractivity contribution in [3.8, 4) is 0 Å². The van der Waals surface area contributed by atoms with Crippen molar-refractivity contribution in [1.82, 2.24) is 10.2 Å². The van der Waals surface area contributed by atoms with Crippen LogP contribution in [-0.4, -0.2) is 35.3 Å². The second kappa shape index (κ2) is 6.43. The summed E-state index contributed by atoms with van der Waals surface area (Å²) in [6.45, 7) is 2.80. The van der Waals surface area contributed by atoms with Crippen LogP contribution in [0.25, 0.3) is 0 Å². The number of hydrogen-bond donors (Lipinski definition) is 1. The molecule has 0 unspecified atom stereocenters. The van der Waals surface area contributed by atoms with Crippen molar-refractivity contribution in [1.29, 1.82) is 0 Å². The van der Waals surface area contributed by atoms with Gasteiger partial charge < -0.3 is 10.2 Å². The summed E-state index contributed by atoms with van der Waals surface area (Å²) in [4.78, 5) is 27.2. The Balaban J connectivity index is 1.36. The molecule has 0 aromatic heterocycles. The molecule has 0 bridgehead atoms. The zero-order chi connectivity index (χ0) is 17.6. The molecule has 4 rings (SSSR count). The Labute approximate surface area is 147 Å². The summed E-state index contributed by atoms with van der Waals surface area (Å²) in [6.07, 6.45) is 4.58. The van der Waals surface area contributed by atoms with Crippen molar-refractivity contribution in [2.24, 2.45) is 11.8 Å². The molecule has 5 heteroatoms. The van der Waals surface area contributed by atoms with E-state index < -0.39 is 0 Å². The Hall–Kier alpha value is -1.91. The molecule has 4 nitrogen and oxygen atoms in total. The molecule has 3 aliphatic rings. The van der Waals surface area contributed by atoms with Gasteiger partial charge in [-0.2, -0.15) is 0 Å². The largest absolute Gasteiger partial charge is 0.351 e. The Morgan fingerprint density at radius 3 is 2.56 bits per heavy atom. The van der Waals surface area contributed by atoms with Crippen molar-refractivity contribution in [2.45, 2.75) is 57.0 Å². The zero-order valence-electron chi connectivity index (χ0n) is 14.6. The van der Waals surface area contributed by atoms with Crippen LogP contribution < -0.4 is 5.32 Å². The standard InChI is InChI=1S/C20H25FN2O2/c1-12-10-15(12)20(25)23-9-3-2-4-18(23)19(24)22-17-11-16(17)13-5-7-14(21)8-6-13/h5-8,12,15-18H,2-4,9-11H2,1H3,(H,22,24)/t12-,15+,16+,17+,18-/m1/s1. The topological polar surface area (TPSA) is 49.4 Å². The lowest BCUT2D eigenvalue weighted by molar-refractivity contribution is -0.143. The number of piperidine rings is 1. The molecule has 2 saturated carbocycles. The summed E-state index contributed by atoms with van der Waals surface area (Å²) < 4.78 is 13.0. The maximum Gasteiger partial charge on any atom is 0.243 e. The smallest absolute Gasteiger partial charge is 0.243 e. The van der Waals surface area contributed by atoms with Crippen LogP contribution in [0, 0.1) is 17.7 Å². The lowest BCUT2D eigenvalue weighted by Gasteiger charge is -2.35. The number of rotatable bonds is 4. The first-order valence-corrected chi connectivity index (χ1v) is 9.41. The number of hydrogen-bond acceptors (Lipinski definition) is 2. The number of amides is 2. The van der Waals surface area contributed by atoms with E-state index in [9.17, 15) is 14.0 Å². The fourth-order valence-corrected chi connectivity index (χ4v) is 4.06. The molecular formula is C20H25FN2O2. The number of likely N-dealkylation sites (tertiary alicyclic amines) is 1. The number of carbonyl (C=O) groups is 2. The summed E-state index contributed by atoms with van der Waals surface area (Å²) in [5.74, 6) is 0.760. The van der Waals surface area contributed by atoms with Crippen LogP contribution in [0.1, 0.15) is 50.5 Å². The fourth-order valence-electron chi connectivity index (χ4n) is 4.06. The van der Waals surface area contributed by atoms with Crippen molar-refractivity contribution < 1.29 is 14.0 Å². The highest BCUT2D eigenvalue weighted by Crippen LogP contribution is 2.42. The van der Waals surface area contributed by atoms with Crippen LogP contribution in [0.4, 0.5) is 4.39 Å². The summed E-state index contributed by atoms with van der Waals surface area (Å²) in [6, 6.07) is 6.30. The van der Waals surface area contributed by atoms with Gasteiger partial charge in [0.1, 0.15) is 11.9 Å². The normalized spacial score (nSPS) is 33.7. The number of nitrogens with zero attached hydrogens (tertiary/aromatic N) is 1. The average Bonchev–Trinajstić information content (AvgIpc) is 3.53. The van der Waals surface area contributed by atoms with Gasteiger partial charge in [-0.1, -0.05) is 19.1 Å². The maximum absolute atomic E-state index is 13.0. The Morgan fingerprint density at radius 2 is 1.88 bits per heavy atom. The number of nitrogens with one attached hydrogen (secondary N) is 1. The SMILES string of the molecule is C[C@@H]1C[C@@H]1C(=O)N1CCCC[C@@H]1C(=O)N[C@H]1C[C@H]1c1ccc(F)cc1. The molecule has 0 radical (unpaired) electrons. The lowest BCUT2D eigenvalue weighted by atomic mass is 10.00. The monoisotopic (exact) mass is 344 g/mol. The van der Waals surface area contributed by atoms with Gasteiger partial charge in [0.25, 0.3) is 0 Å². The lowest BCUT2D eigenvalue weighted by Crippen LogP contribution is -2.53. The molecule has 1 aromatic carbocycles. The first-order valence-electron chi connectivity index (χ1n) is 9.41. The first-order chi connectivity index (χ1) is 12.0. The molecule has 1 heterocycles. The van der Waals surface area contributed by atoms with Gasteiger partial charge in [-0.15, -0.1) is 0 Å². The van der Waals surface area contributed by atoms with Crippen LogP contribution in [0.15, 0.2) is 24.3 Å². The van der Waals surface area contributed by atoms with Gasteiger partial charge in [-0.3, -0.25) is 9.59 Å². The summed E-state index contributed by atoms with van der Waals surface area (Å²) >= 11 is 0. The molecule has 2 aliphatic carbocycles. The van der Waals surface area contributed by atoms with Gasteiger partial charge in [0, 0.05) is 24.4 Å². The molecular weight excluding hydrogens is 319 g/mol. The molecule has 1 aliphatic heterocycles. The molecule has 25 heavy (non-hydrogen) atoms. The van der Waals surface area contributed by atoms with Crippen LogP contribution in [-0.2, 0) is 9.59 Å². The molecule has 1 N–H and O–H groups in total. The fraction of sp³-hybridized carbons (Fsp3) is 0.600. The maximum atomic E-state index is 13.0. The van der Waals surface area contributed by atoms with Gasteiger partial charge in [-0.25, -0.2) is 4.39 Å². The molecule has 0 spiro atoms. The highest BCUT2D eigenvalue weighted by Gasteiger charge is 2.46. The first kappa shape index (κ1) is 16.6. The Kier molecular flexibility index (Phi) is 4.26. The summed E-state index contributed by atoms with van der Waals surface area (Å²) in [5, 5.41) is 3.12. The predicted molar refractivity (Wildman–Crippen MR) is 92.3 cm³/mol. The second-order valence-corrected chi connectivity index (χ2v) is 7.87. The Bertz CT molecular complexity index is 675. The minimum Gasteiger partial charge on any atom is -0.351 e. The van der Waals surface area contributed by atoms with Gasteiger partial charge in [0.05, 0.1) is 0 Å². The quantitative estimate of drug-likeness (QED) is 0.913. The van der Waals surface area contributed by atoms with Crippen LogP contribution in [0.5, 0.6) is 0 Å². The third-order valence-electron chi connectivity index (χ3n) is 5.93. The van der Waals surface area contributed by atoms with E-state index in [0.717, 1.165) is 37.7 Å². The van der Waals surface area contributed by atoms with E-state index in [1.54, 1.807) is 12.1 Å². The molecule has 1 saturated heterocycles. The highest BCUT2D eigenvalue weighted by molar-refractivity contribution is 5.90. The molecule has 3 fully saturated rings. The average molecular weight is 344 g/mol. The van der Waals surface area contributed by atoms with E-state index in [2.05, 4.69) is 12.2 Å². The molecule has 2 amide bonds. The van der Waals surface area contributed by atoms with Gasteiger partial charge in [0.2, 0.25) is 11.8 Å². The van der Waals surface area contributed by atoms with E-state index in [-0.39, 0.29) is 41.6 Å². The molecule has 5 atom stereocenters. The molecule has 1 aromatic rings. The van der Waals surface area contributed by atoms with Crippen molar-refractivity contribution in [3.63, 3.8) is 0 Å². The van der Waals surface area contributed by atoms with E-state index in [1.165, 1.54) is 12.1 Å². The second-order valence-electron chi connectivity index (χ2n) is 7.87. The number of halogens is 1. The minimum atomic E-state index is -0.316. The Morgan fingerprint density at radius 1 is 1.16 bits per heavy atom. The van der Waals surface area contributed by atoms with Crippen molar-refractivity contribution in [2.75, 3.05) is 6.54 Å². The summed E-state index contributed by atoms with van der Waals surface area (Å²) in [5.41, 5.74) is 1.06. The third kappa shape index (κ3) is 3.42. The molecule has 134 valence electrons. The number of benzene rings is 1. The van der Waals surface area contributed by atoms with Crippen molar-refractivity contribution >= 4 is 11.8 Å². The highest BCUT2D eigenvalue weighted by atomic mass is 19.1. The minimum absolute atomic E-state index is 0.0176. The van der Waals surface area contributed by atoms with Crippen molar-refractivity contribution in [3.05, 3.63) is 35.6 Å². The van der Waals surface area contributed by atoms with Gasteiger partial charge in [-0.05, 0) is 55.7 Å². The third-order valence-corrected chi connectivity index (χ3v) is 5.93. The van der Waals surface area contributed by atoms with Crippen LogP contribution >= 0.6 is 0 Å². The van der Waals surface area contributed by atoms with E-state index in [1.807, 2.05) is 4.90 Å². The van der Waals surface area contributed by atoms with E-state index >= 15 is 0 Å². The van der Waals surface area contributed by atoms with E-state index in [4.69, 9.17) is 0 Å².